The number of rotatable bonds is 1. The maximum absolute atomic E-state index is 5.73. The summed E-state index contributed by atoms with van der Waals surface area (Å²) in [6.45, 7) is 12.4. The van der Waals surface area contributed by atoms with E-state index in [1.54, 1.807) is 0 Å². The summed E-state index contributed by atoms with van der Waals surface area (Å²) in [5, 5.41) is 0. The highest BCUT2D eigenvalue weighted by Crippen LogP contribution is 2.22. The van der Waals surface area contributed by atoms with E-state index in [0.717, 1.165) is 24.6 Å². The van der Waals surface area contributed by atoms with Crippen molar-refractivity contribution in [1.29, 1.82) is 0 Å². The molecule has 0 aromatic carbocycles. The summed E-state index contributed by atoms with van der Waals surface area (Å²) < 4.78 is 5.73. The number of anilines is 1. The third-order valence-corrected chi connectivity index (χ3v) is 3.15. The lowest BCUT2D eigenvalue weighted by Gasteiger charge is -2.36. The van der Waals surface area contributed by atoms with E-state index >= 15 is 0 Å². The Kier molecular flexibility index (Phi) is 3.57. The predicted octanol–water partition coefficient (Wildman–Crippen LogP) is 2.39. The summed E-state index contributed by atoms with van der Waals surface area (Å²) in [6, 6.07) is 0. The minimum Gasteiger partial charge on any atom is -0.372 e. The summed E-state index contributed by atoms with van der Waals surface area (Å²) in [6.07, 6.45) is 4.27. The minimum atomic E-state index is 0.0527. The molecule has 0 bridgehead atoms. The van der Waals surface area contributed by atoms with Gasteiger partial charge in [0, 0.05) is 18.5 Å². The van der Waals surface area contributed by atoms with Crippen molar-refractivity contribution >= 4 is 5.82 Å². The molecule has 0 amide bonds. The summed E-state index contributed by atoms with van der Waals surface area (Å²) in [5.41, 5.74) is 1.08. The first kappa shape index (κ1) is 13.3. The smallest absolute Gasteiger partial charge is 0.147 e. The average molecular weight is 249 g/mol. The van der Waals surface area contributed by atoms with Crippen molar-refractivity contribution in [3.63, 3.8) is 0 Å². The third kappa shape index (κ3) is 2.99. The first-order chi connectivity index (χ1) is 8.36. The minimum absolute atomic E-state index is 0.0527. The summed E-state index contributed by atoms with van der Waals surface area (Å²) in [7, 11) is 0. The van der Waals surface area contributed by atoms with Gasteiger partial charge in [0.15, 0.2) is 0 Å². The molecule has 2 rings (SSSR count). The fourth-order valence-electron chi connectivity index (χ4n) is 2.24. The molecule has 2 heterocycles. The maximum Gasteiger partial charge on any atom is 0.147 e. The van der Waals surface area contributed by atoms with Crippen LogP contribution in [-0.2, 0) is 10.2 Å². The molecule has 0 aliphatic carbocycles. The van der Waals surface area contributed by atoms with Crippen molar-refractivity contribution in [3.05, 3.63) is 18.1 Å². The van der Waals surface area contributed by atoms with Crippen LogP contribution < -0.4 is 4.90 Å². The molecule has 2 atom stereocenters. The highest BCUT2D eigenvalue weighted by Gasteiger charge is 2.24. The zero-order chi connectivity index (χ0) is 13.3. The first-order valence-electron chi connectivity index (χ1n) is 6.59. The van der Waals surface area contributed by atoms with Crippen LogP contribution in [0.4, 0.5) is 5.82 Å². The molecule has 0 N–H and O–H groups in total. The van der Waals surface area contributed by atoms with E-state index in [1.807, 2.05) is 12.4 Å². The third-order valence-electron chi connectivity index (χ3n) is 3.15. The Morgan fingerprint density at radius 1 is 1.11 bits per heavy atom. The van der Waals surface area contributed by atoms with Crippen LogP contribution in [0.25, 0.3) is 0 Å². The molecule has 1 aliphatic heterocycles. The van der Waals surface area contributed by atoms with Crippen molar-refractivity contribution in [3.8, 4) is 0 Å². The normalized spacial score (nSPS) is 25.3. The van der Waals surface area contributed by atoms with E-state index in [9.17, 15) is 0 Å². The van der Waals surface area contributed by atoms with Gasteiger partial charge in [-0.25, -0.2) is 4.98 Å². The van der Waals surface area contributed by atoms with Crippen LogP contribution in [0.2, 0.25) is 0 Å². The Morgan fingerprint density at radius 3 is 2.17 bits per heavy atom. The van der Waals surface area contributed by atoms with Gasteiger partial charge in [0.1, 0.15) is 5.82 Å². The maximum atomic E-state index is 5.73. The summed E-state index contributed by atoms with van der Waals surface area (Å²) in [5.74, 6) is 0.949. The van der Waals surface area contributed by atoms with Crippen molar-refractivity contribution in [2.24, 2.45) is 0 Å². The average Bonchev–Trinajstić information content (AvgIpc) is 2.27. The summed E-state index contributed by atoms with van der Waals surface area (Å²) in [4.78, 5) is 11.3. The van der Waals surface area contributed by atoms with E-state index in [1.165, 1.54) is 0 Å². The zero-order valence-electron chi connectivity index (χ0n) is 12.0. The van der Waals surface area contributed by atoms with Gasteiger partial charge in [0.2, 0.25) is 0 Å². The molecule has 4 nitrogen and oxygen atoms in total. The molecular weight excluding hydrogens is 226 g/mol. The van der Waals surface area contributed by atoms with Crippen LogP contribution >= 0.6 is 0 Å². The number of nitrogens with zero attached hydrogens (tertiary/aromatic N) is 3. The lowest BCUT2D eigenvalue weighted by atomic mass is 9.93. The predicted molar refractivity (Wildman–Crippen MR) is 73.0 cm³/mol. The van der Waals surface area contributed by atoms with Crippen LogP contribution in [0.1, 0.15) is 40.3 Å². The molecule has 1 saturated heterocycles. The number of morpholine rings is 1. The van der Waals surface area contributed by atoms with E-state index in [0.29, 0.717) is 0 Å². The Hall–Kier alpha value is -1.16. The quantitative estimate of drug-likeness (QED) is 0.766. The van der Waals surface area contributed by atoms with Crippen LogP contribution in [0.3, 0.4) is 0 Å². The molecule has 1 aliphatic rings. The van der Waals surface area contributed by atoms with Crippen LogP contribution in [-0.4, -0.2) is 35.3 Å². The molecule has 1 aromatic heterocycles. The fraction of sp³-hybridized carbons (Fsp3) is 0.714. The van der Waals surface area contributed by atoms with Crippen molar-refractivity contribution in [2.45, 2.75) is 52.2 Å². The van der Waals surface area contributed by atoms with Gasteiger partial charge < -0.3 is 9.64 Å². The molecule has 18 heavy (non-hydrogen) atoms. The van der Waals surface area contributed by atoms with Gasteiger partial charge in [-0.2, -0.15) is 0 Å². The highest BCUT2D eigenvalue weighted by atomic mass is 16.5. The molecule has 0 saturated carbocycles. The molecular formula is C14H23N3O. The Morgan fingerprint density at radius 2 is 1.72 bits per heavy atom. The van der Waals surface area contributed by atoms with Crippen LogP contribution in [0.5, 0.6) is 0 Å². The lowest BCUT2D eigenvalue weighted by Crippen LogP contribution is -2.45. The lowest BCUT2D eigenvalue weighted by molar-refractivity contribution is -0.00548. The molecule has 0 spiro atoms. The monoisotopic (exact) mass is 249 g/mol. The van der Waals surface area contributed by atoms with Crippen molar-refractivity contribution < 1.29 is 4.74 Å². The van der Waals surface area contributed by atoms with Crippen LogP contribution in [0, 0.1) is 0 Å². The number of aromatic nitrogens is 2. The molecule has 1 aromatic rings. The van der Waals surface area contributed by atoms with Gasteiger partial charge in [-0.3, -0.25) is 4.98 Å². The van der Waals surface area contributed by atoms with Crippen molar-refractivity contribution in [1.82, 2.24) is 9.97 Å². The summed E-state index contributed by atoms with van der Waals surface area (Å²) >= 11 is 0. The SMILES string of the molecule is C[C@@H]1CN(c2cnc(C(C)(C)C)cn2)C[C@H](C)O1. The van der Waals surface area contributed by atoms with Gasteiger partial charge in [-0.15, -0.1) is 0 Å². The molecule has 4 heteroatoms. The number of hydrogen-bond donors (Lipinski definition) is 0. The van der Waals surface area contributed by atoms with Gasteiger partial charge in [-0.1, -0.05) is 20.8 Å². The van der Waals surface area contributed by atoms with Gasteiger partial charge >= 0.3 is 0 Å². The second kappa shape index (κ2) is 4.84. The van der Waals surface area contributed by atoms with Crippen molar-refractivity contribution in [2.75, 3.05) is 18.0 Å². The second-order valence-corrected chi connectivity index (χ2v) is 6.17. The van der Waals surface area contributed by atoms with E-state index in [4.69, 9.17) is 4.74 Å². The molecule has 0 unspecified atom stereocenters. The largest absolute Gasteiger partial charge is 0.372 e. The standard InChI is InChI=1S/C14H23N3O/c1-10-8-17(9-11(2)18-10)13-7-15-12(6-16-13)14(3,4)5/h6-7,10-11H,8-9H2,1-5H3/t10-,11+. The van der Waals surface area contributed by atoms with E-state index < -0.39 is 0 Å². The topological polar surface area (TPSA) is 38.2 Å². The fourth-order valence-corrected chi connectivity index (χ4v) is 2.24. The first-order valence-corrected chi connectivity index (χ1v) is 6.59. The number of hydrogen-bond acceptors (Lipinski definition) is 4. The molecule has 1 fully saturated rings. The van der Waals surface area contributed by atoms with E-state index in [-0.39, 0.29) is 17.6 Å². The highest BCUT2D eigenvalue weighted by molar-refractivity contribution is 5.37. The Bertz CT molecular complexity index is 386. The Balaban J connectivity index is 2.14. The molecule has 0 radical (unpaired) electrons. The van der Waals surface area contributed by atoms with Gasteiger partial charge in [0.05, 0.1) is 30.3 Å². The van der Waals surface area contributed by atoms with Gasteiger partial charge in [0.25, 0.3) is 0 Å². The number of ether oxygens (including phenoxy) is 1. The Labute approximate surface area is 109 Å². The van der Waals surface area contributed by atoms with Crippen LogP contribution in [0.15, 0.2) is 12.4 Å². The molecule has 100 valence electrons. The zero-order valence-corrected chi connectivity index (χ0v) is 12.0. The second-order valence-electron chi connectivity index (χ2n) is 6.17. The van der Waals surface area contributed by atoms with Gasteiger partial charge in [-0.05, 0) is 13.8 Å². The van der Waals surface area contributed by atoms with E-state index in [2.05, 4.69) is 49.5 Å².